The van der Waals surface area contributed by atoms with Gasteiger partial charge in [0.2, 0.25) is 5.88 Å². The van der Waals surface area contributed by atoms with E-state index in [4.69, 9.17) is 0 Å². The first-order valence-corrected chi connectivity index (χ1v) is 13.9. The van der Waals surface area contributed by atoms with Gasteiger partial charge in [-0.3, -0.25) is 14.3 Å². The smallest absolute Gasteiger partial charge is 0.493 e. The highest BCUT2D eigenvalue weighted by Crippen LogP contribution is 2.31. The van der Waals surface area contributed by atoms with Crippen molar-refractivity contribution in [2.24, 2.45) is 0 Å². The minimum atomic E-state index is -5.57. The Bertz CT molecular complexity index is 1730. The molecule has 5 rings (SSSR count). The molecule has 0 radical (unpaired) electrons. The third-order valence-corrected chi connectivity index (χ3v) is 8.27. The third kappa shape index (κ3) is 5.42. The van der Waals surface area contributed by atoms with Crippen molar-refractivity contribution in [3.05, 3.63) is 101 Å². The highest BCUT2D eigenvalue weighted by atomic mass is 32.2. The zero-order valence-electron chi connectivity index (χ0n) is 21.4. The summed E-state index contributed by atoms with van der Waals surface area (Å²) in [5, 5.41) is 10.5. The molecule has 0 bridgehead atoms. The Kier molecular flexibility index (Phi) is 7.34. The van der Waals surface area contributed by atoms with Gasteiger partial charge in [-0.15, -0.1) is 0 Å². The fraction of sp³-hybridized carbons (Fsp3) is 0.222. The minimum absolute atomic E-state index is 0.0499. The molecule has 1 N–H and O–H groups in total. The Morgan fingerprint density at radius 1 is 0.902 bits per heavy atom. The fourth-order valence-corrected chi connectivity index (χ4v) is 5.40. The summed E-state index contributed by atoms with van der Waals surface area (Å²) in [5.41, 5.74) is -4.64. The van der Waals surface area contributed by atoms with Crippen LogP contribution in [0, 0.1) is 0 Å². The maximum Gasteiger partial charge on any atom is 0.501 e. The van der Waals surface area contributed by atoms with Crippen LogP contribution < -0.4 is 10.6 Å². The van der Waals surface area contributed by atoms with Crippen molar-refractivity contribution < 1.29 is 31.5 Å². The molecule has 0 aliphatic carbocycles. The molecule has 1 amide bonds. The number of halogens is 3. The van der Waals surface area contributed by atoms with E-state index < -0.39 is 31.8 Å². The van der Waals surface area contributed by atoms with Crippen LogP contribution in [0.15, 0.2) is 88.8 Å². The standard InChI is InChI=1S/C27H24F3N5O5S/c28-27(29,30)41(39,40)22-10-8-21(9-11-22)35-23(36)18-34(26(35)38)17-19-5-4-12-31-24(19)25(37)33-15-13-32(14-16-33)20-6-2-1-3-7-20/h1-12,18,36H,13-17H2. The summed E-state index contributed by atoms with van der Waals surface area (Å²) in [5.74, 6) is -0.832. The average Bonchev–Trinajstić information content (AvgIpc) is 3.25. The van der Waals surface area contributed by atoms with Crippen LogP contribution in [0.3, 0.4) is 0 Å². The summed E-state index contributed by atoms with van der Waals surface area (Å²) in [6, 6.07) is 16.5. The Labute approximate surface area is 232 Å². The SMILES string of the molecule is O=C(c1ncccc1Cn1cc(O)n(-c2ccc(S(=O)(=O)C(F)(F)F)cc2)c1=O)N1CCN(c2ccccc2)CC1. The predicted molar refractivity (Wildman–Crippen MR) is 143 cm³/mol. The number of carbonyl (C=O) groups excluding carboxylic acids is 1. The molecule has 10 nitrogen and oxygen atoms in total. The maximum absolute atomic E-state index is 13.4. The molecule has 1 aliphatic rings. The summed E-state index contributed by atoms with van der Waals surface area (Å²) in [4.78, 5) is 33.7. The summed E-state index contributed by atoms with van der Waals surface area (Å²) >= 11 is 0. The molecule has 41 heavy (non-hydrogen) atoms. The lowest BCUT2D eigenvalue weighted by Crippen LogP contribution is -2.49. The molecular weight excluding hydrogens is 563 g/mol. The second-order valence-electron chi connectivity index (χ2n) is 9.30. The van der Waals surface area contributed by atoms with Crippen LogP contribution >= 0.6 is 0 Å². The zero-order valence-corrected chi connectivity index (χ0v) is 22.2. The molecule has 2 aromatic heterocycles. The van der Waals surface area contributed by atoms with E-state index >= 15 is 0 Å². The Morgan fingerprint density at radius 3 is 2.20 bits per heavy atom. The highest BCUT2D eigenvalue weighted by molar-refractivity contribution is 7.92. The number of carbonyl (C=O) groups is 1. The van der Waals surface area contributed by atoms with E-state index in [9.17, 15) is 36.3 Å². The van der Waals surface area contributed by atoms with Crippen molar-refractivity contribution in [3.8, 4) is 11.6 Å². The molecule has 3 heterocycles. The normalized spacial score (nSPS) is 14.3. The lowest BCUT2D eigenvalue weighted by atomic mass is 10.1. The number of piperazine rings is 1. The summed E-state index contributed by atoms with van der Waals surface area (Å²) in [6.45, 7) is 2.09. The van der Waals surface area contributed by atoms with E-state index in [0.29, 0.717) is 43.9 Å². The number of amides is 1. The molecule has 0 spiro atoms. The summed E-state index contributed by atoms with van der Waals surface area (Å²) in [6.07, 6.45) is 2.58. The number of pyridine rings is 1. The van der Waals surface area contributed by atoms with Crippen molar-refractivity contribution in [3.63, 3.8) is 0 Å². The van der Waals surface area contributed by atoms with Crippen LogP contribution in [0.25, 0.3) is 5.69 Å². The van der Waals surface area contributed by atoms with Crippen molar-refractivity contribution in [2.45, 2.75) is 16.9 Å². The van der Waals surface area contributed by atoms with Crippen LogP contribution in [0.4, 0.5) is 18.9 Å². The number of sulfone groups is 1. The number of anilines is 1. The van der Waals surface area contributed by atoms with Gasteiger partial charge in [-0.25, -0.2) is 17.8 Å². The van der Waals surface area contributed by atoms with Crippen LogP contribution in [-0.2, 0) is 16.4 Å². The Hall–Kier alpha value is -4.59. The van der Waals surface area contributed by atoms with Crippen LogP contribution in [-0.4, -0.2) is 70.1 Å². The van der Waals surface area contributed by atoms with E-state index in [1.807, 2.05) is 30.3 Å². The van der Waals surface area contributed by atoms with Gasteiger partial charge in [-0.2, -0.15) is 13.2 Å². The minimum Gasteiger partial charge on any atom is -0.493 e. The zero-order chi connectivity index (χ0) is 29.4. The van der Waals surface area contributed by atoms with E-state index in [1.165, 1.54) is 6.20 Å². The fourth-order valence-electron chi connectivity index (χ4n) is 4.64. The van der Waals surface area contributed by atoms with Gasteiger partial charge in [-0.05, 0) is 42.5 Å². The molecule has 0 unspecified atom stereocenters. The Morgan fingerprint density at radius 2 is 1.56 bits per heavy atom. The molecule has 4 aromatic rings. The first-order valence-electron chi connectivity index (χ1n) is 12.4. The third-order valence-electron chi connectivity index (χ3n) is 6.77. The van der Waals surface area contributed by atoms with Gasteiger partial charge in [0.15, 0.2) is 0 Å². The Balaban J connectivity index is 1.35. The molecule has 0 saturated carbocycles. The molecule has 1 saturated heterocycles. The number of hydrogen-bond donors (Lipinski definition) is 1. The van der Waals surface area contributed by atoms with Crippen molar-refractivity contribution >= 4 is 21.4 Å². The molecule has 1 fully saturated rings. The first kappa shape index (κ1) is 28.0. The topological polar surface area (TPSA) is 118 Å². The van der Waals surface area contributed by atoms with Gasteiger partial charge in [-0.1, -0.05) is 24.3 Å². The molecule has 1 aliphatic heterocycles. The predicted octanol–water partition coefficient (Wildman–Crippen LogP) is 3.04. The van der Waals surface area contributed by atoms with E-state index in [0.717, 1.165) is 33.2 Å². The number of aromatic hydroxyl groups is 1. The second-order valence-corrected chi connectivity index (χ2v) is 11.2. The molecule has 14 heteroatoms. The van der Waals surface area contributed by atoms with Gasteiger partial charge in [0.25, 0.3) is 15.7 Å². The quantitative estimate of drug-likeness (QED) is 0.369. The van der Waals surface area contributed by atoms with Crippen molar-refractivity contribution in [2.75, 3.05) is 31.1 Å². The van der Waals surface area contributed by atoms with E-state index in [2.05, 4.69) is 9.88 Å². The van der Waals surface area contributed by atoms with Crippen LogP contribution in [0.1, 0.15) is 16.1 Å². The number of benzene rings is 2. The van der Waals surface area contributed by atoms with Gasteiger partial charge < -0.3 is 14.9 Å². The number of alkyl halides is 3. The summed E-state index contributed by atoms with van der Waals surface area (Å²) in [7, 11) is -5.57. The van der Waals surface area contributed by atoms with E-state index in [1.54, 1.807) is 17.0 Å². The van der Waals surface area contributed by atoms with Gasteiger partial charge in [0.1, 0.15) is 5.69 Å². The number of hydrogen-bond acceptors (Lipinski definition) is 7. The first-order chi connectivity index (χ1) is 19.5. The molecule has 214 valence electrons. The van der Waals surface area contributed by atoms with Gasteiger partial charge in [0.05, 0.1) is 23.3 Å². The highest BCUT2D eigenvalue weighted by Gasteiger charge is 2.46. The summed E-state index contributed by atoms with van der Waals surface area (Å²) < 4.78 is 63.8. The van der Waals surface area contributed by atoms with Gasteiger partial charge >= 0.3 is 11.2 Å². The largest absolute Gasteiger partial charge is 0.501 e. The molecule has 2 aromatic carbocycles. The maximum atomic E-state index is 13.4. The molecular formula is C27H24F3N5O5S. The number of para-hydroxylation sites is 1. The average molecular weight is 588 g/mol. The van der Waals surface area contributed by atoms with E-state index in [-0.39, 0.29) is 23.8 Å². The second kappa shape index (κ2) is 10.8. The monoisotopic (exact) mass is 587 g/mol. The van der Waals surface area contributed by atoms with Gasteiger partial charge in [0, 0.05) is 43.6 Å². The van der Waals surface area contributed by atoms with Crippen LogP contribution in [0.5, 0.6) is 5.88 Å². The van der Waals surface area contributed by atoms with Crippen molar-refractivity contribution in [1.82, 2.24) is 19.0 Å². The number of aromatic nitrogens is 3. The van der Waals surface area contributed by atoms with Crippen molar-refractivity contribution in [1.29, 1.82) is 0 Å². The number of imidazole rings is 1. The molecule has 0 atom stereocenters. The number of nitrogens with zero attached hydrogens (tertiary/aromatic N) is 5. The number of rotatable bonds is 6. The van der Waals surface area contributed by atoms with Crippen LogP contribution in [0.2, 0.25) is 0 Å². The lowest BCUT2D eigenvalue weighted by Gasteiger charge is -2.36. The lowest BCUT2D eigenvalue weighted by molar-refractivity contribution is -0.0436.